The highest BCUT2D eigenvalue weighted by atomic mass is 32.1. The van der Waals surface area contributed by atoms with Gasteiger partial charge in [0.1, 0.15) is 6.04 Å². The zero-order valence-electron chi connectivity index (χ0n) is 30.0. The first-order valence-electron chi connectivity index (χ1n) is 17.1. The Morgan fingerprint density at radius 3 is 1.83 bits per heavy atom. The third-order valence-corrected chi connectivity index (χ3v) is 9.21. The van der Waals surface area contributed by atoms with Crippen LogP contribution in [0.25, 0.3) is 0 Å². The molecule has 3 aromatic rings. The van der Waals surface area contributed by atoms with E-state index < -0.39 is 6.04 Å². The number of urea groups is 2. The van der Waals surface area contributed by atoms with Crippen molar-refractivity contribution in [1.29, 1.82) is 0 Å². The largest absolute Gasteiger partial charge is 0.351 e. The molecule has 1 heterocycles. The van der Waals surface area contributed by atoms with Crippen molar-refractivity contribution in [1.82, 2.24) is 31.2 Å². The van der Waals surface area contributed by atoms with Crippen molar-refractivity contribution >= 4 is 29.3 Å². The zero-order valence-corrected chi connectivity index (χ0v) is 30.8. The first kappa shape index (κ1) is 38.5. The molecule has 262 valence electrons. The van der Waals surface area contributed by atoms with Gasteiger partial charge in [-0.3, -0.25) is 4.79 Å². The van der Waals surface area contributed by atoms with E-state index in [1.54, 1.807) is 23.3 Å². The van der Waals surface area contributed by atoms with Crippen LogP contribution >= 0.6 is 11.3 Å². The molecule has 0 aliphatic heterocycles. The van der Waals surface area contributed by atoms with Gasteiger partial charge in [0.05, 0.1) is 17.2 Å². The van der Waals surface area contributed by atoms with E-state index in [0.717, 1.165) is 21.8 Å². The number of hydrogen-bond donors (Lipinski definition) is 4. The Labute approximate surface area is 291 Å². The smallest absolute Gasteiger partial charge is 0.318 e. The predicted octanol–water partition coefficient (Wildman–Crippen LogP) is 6.90. The maximum Gasteiger partial charge on any atom is 0.318 e. The van der Waals surface area contributed by atoms with Gasteiger partial charge in [0.2, 0.25) is 5.91 Å². The van der Waals surface area contributed by atoms with E-state index in [9.17, 15) is 14.4 Å². The Kier molecular flexibility index (Phi) is 14.9. The van der Waals surface area contributed by atoms with Gasteiger partial charge in [0.25, 0.3) is 0 Å². The summed E-state index contributed by atoms with van der Waals surface area (Å²) in [6, 6.07) is 18.6. The zero-order chi connectivity index (χ0) is 35.3. The van der Waals surface area contributed by atoms with Crippen LogP contribution in [0.5, 0.6) is 0 Å². The van der Waals surface area contributed by atoms with Gasteiger partial charge in [0.15, 0.2) is 0 Å². The molecule has 1 aromatic heterocycles. The molecule has 3 atom stereocenters. The fourth-order valence-electron chi connectivity index (χ4n) is 5.28. The average Bonchev–Trinajstić information content (AvgIpc) is 3.50. The number of carbonyl (C=O) groups is 3. The van der Waals surface area contributed by atoms with Gasteiger partial charge in [-0.2, -0.15) is 0 Å². The van der Waals surface area contributed by atoms with Gasteiger partial charge < -0.3 is 26.2 Å². The standard InChI is InChI=1S/C38H56N6O3S/c1-26(2)33(43-37(47)44(8)23-32-24-48-35(41-32)27(3)4)34(45)40-30(21-28-15-11-9-12-16-28)19-20-31(22-29-17-13-10-14-18-29)42-36(46)39-25-38(5,6)7/h9-18,24,26-27,30-31,33H,19-23,25H2,1-8H3,(H,40,45)(H,43,47)(H2,39,42,46)/t30-,31-,33+/m1/s1. The van der Waals surface area contributed by atoms with Crippen molar-refractivity contribution in [2.24, 2.45) is 11.3 Å². The fraction of sp³-hybridized carbons (Fsp3) is 0.526. The van der Waals surface area contributed by atoms with Crippen molar-refractivity contribution < 1.29 is 14.4 Å². The first-order chi connectivity index (χ1) is 22.7. The highest BCUT2D eigenvalue weighted by molar-refractivity contribution is 7.09. The first-order valence-corrected chi connectivity index (χ1v) is 18.0. The van der Waals surface area contributed by atoms with Crippen LogP contribution in [0.15, 0.2) is 66.0 Å². The number of benzene rings is 2. The van der Waals surface area contributed by atoms with Gasteiger partial charge in [-0.05, 0) is 48.1 Å². The SMILES string of the molecule is CC(C)c1nc(CN(C)C(=O)N[C@H](C(=O)N[C@H](CC[C@H](Cc2ccccc2)NC(=O)NCC(C)(C)C)Cc2ccccc2)C(C)C)cs1. The molecule has 2 aromatic carbocycles. The number of rotatable bonds is 16. The molecule has 3 rings (SSSR count). The number of nitrogens with one attached hydrogen (secondary N) is 4. The van der Waals surface area contributed by atoms with Gasteiger partial charge >= 0.3 is 12.1 Å². The molecule has 0 saturated heterocycles. The van der Waals surface area contributed by atoms with E-state index >= 15 is 0 Å². The lowest BCUT2D eigenvalue weighted by molar-refractivity contribution is -0.124. The minimum absolute atomic E-state index is 0.0351. The summed E-state index contributed by atoms with van der Waals surface area (Å²) in [5.74, 6) is -0.0276. The summed E-state index contributed by atoms with van der Waals surface area (Å²) in [6.07, 6.45) is 2.59. The lowest BCUT2D eigenvalue weighted by atomic mass is 9.95. The van der Waals surface area contributed by atoms with E-state index in [-0.39, 0.29) is 41.4 Å². The van der Waals surface area contributed by atoms with Crippen molar-refractivity contribution in [3.05, 3.63) is 87.9 Å². The van der Waals surface area contributed by atoms with Crippen LogP contribution in [0.2, 0.25) is 0 Å². The van der Waals surface area contributed by atoms with Gasteiger partial charge in [0, 0.05) is 37.0 Å². The topological polar surface area (TPSA) is 115 Å². The fourth-order valence-corrected chi connectivity index (χ4v) is 6.10. The maximum absolute atomic E-state index is 13.8. The molecule has 4 N–H and O–H groups in total. The van der Waals surface area contributed by atoms with Crippen LogP contribution in [-0.2, 0) is 24.2 Å². The third kappa shape index (κ3) is 13.7. The Balaban J connectivity index is 1.72. The number of hydrogen-bond acceptors (Lipinski definition) is 5. The second-order valence-electron chi connectivity index (χ2n) is 14.6. The van der Waals surface area contributed by atoms with E-state index in [2.05, 4.69) is 85.1 Å². The molecule has 5 amide bonds. The Bertz CT molecular complexity index is 1420. The minimum Gasteiger partial charge on any atom is -0.351 e. The number of amides is 5. The number of nitrogens with zero attached hydrogens (tertiary/aromatic N) is 2. The van der Waals surface area contributed by atoms with Crippen molar-refractivity contribution in [3.63, 3.8) is 0 Å². The van der Waals surface area contributed by atoms with Crippen molar-refractivity contribution in [2.75, 3.05) is 13.6 Å². The number of aromatic nitrogens is 1. The third-order valence-electron chi connectivity index (χ3n) is 8.01. The Morgan fingerprint density at radius 2 is 1.35 bits per heavy atom. The summed E-state index contributed by atoms with van der Waals surface area (Å²) in [7, 11) is 1.72. The van der Waals surface area contributed by atoms with Crippen LogP contribution in [0.4, 0.5) is 9.59 Å². The summed E-state index contributed by atoms with van der Waals surface area (Å²) in [4.78, 5) is 46.2. The van der Waals surface area contributed by atoms with Crippen molar-refractivity contribution in [3.8, 4) is 0 Å². The van der Waals surface area contributed by atoms with Crippen LogP contribution in [0, 0.1) is 11.3 Å². The molecule has 0 radical (unpaired) electrons. The Hall–Kier alpha value is -3.92. The Morgan fingerprint density at radius 1 is 0.812 bits per heavy atom. The average molecular weight is 677 g/mol. The molecule has 0 aliphatic carbocycles. The van der Waals surface area contributed by atoms with Crippen LogP contribution in [-0.4, -0.2) is 59.6 Å². The highest BCUT2D eigenvalue weighted by Crippen LogP contribution is 2.20. The molecular weight excluding hydrogens is 621 g/mol. The molecule has 0 spiro atoms. The van der Waals surface area contributed by atoms with Gasteiger partial charge in [-0.1, -0.05) is 109 Å². The normalized spacial score (nSPS) is 13.5. The van der Waals surface area contributed by atoms with Gasteiger partial charge in [-0.25, -0.2) is 14.6 Å². The van der Waals surface area contributed by atoms with Crippen LogP contribution in [0.3, 0.4) is 0 Å². The lowest BCUT2D eigenvalue weighted by Gasteiger charge is -2.29. The molecule has 0 fully saturated rings. The molecule has 10 heteroatoms. The summed E-state index contributed by atoms with van der Waals surface area (Å²) in [5, 5.41) is 15.4. The van der Waals surface area contributed by atoms with Crippen molar-refractivity contribution in [2.45, 2.75) is 105 Å². The summed E-state index contributed by atoms with van der Waals surface area (Å²) in [5.41, 5.74) is 3.03. The molecular formula is C38H56N6O3S. The monoisotopic (exact) mass is 676 g/mol. The molecule has 9 nitrogen and oxygen atoms in total. The predicted molar refractivity (Wildman–Crippen MR) is 196 cm³/mol. The number of thiazole rings is 1. The number of carbonyl (C=O) groups excluding carboxylic acids is 3. The molecule has 0 unspecified atom stereocenters. The van der Waals surface area contributed by atoms with E-state index in [0.29, 0.717) is 44.7 Å². The highest BCUT2D eigenvalue weighted by Gasteiger charge is 2.28. The second kappa shape index (κ2) is 18.6. The maximum atomic E-state index is 13.8. The van der Waals surface area contributed by atoms with E-state index in [4.69, 9.17) is 0 Å². The molecule has 0 saturated carbocycles. The molecule has 0 aliphatic rings. The van der Waals surface area contributed by atoms with E-state index in [1.807, 2.05) is 55.6 Å². The second-order valence-corrected chi connectivity index (χ2v) is 15.5. The molecule has 0 bridgehead atoms. The summed E-state index contributed by atoms with van der Waals surface area (Å²) in [6.45, 7) is 15.2. The summed E-state index contributed by atoms with van der Waals surface area (Å²) < 4.78 is 0. The lowest BCUT2D eigenvalue weighted by Crippen LogP contribution is -2.55. The minimum atomic E-state index is -0.721. The van der Waals surface area contributed by atoms with E-state index in [1.165, 1.54) is 0 Å². The quantitative estimate of drug-likeness (QED) is 0.132. The summed E-state index contributed by atoms with van der Waals surface area (Å²) >= 11 is 1.60. The van der Waals surface area contributed by atoms with Crippen LogP contribution < -0.4 is 21.3 Å². The molecule has 48 heavy (non-hydrogen) atoms. The van der Waals surface area contributed by atoms with Crippen LogP contribution in [0.1, 0.15) is 89.1 Å². The van der Waals surface area contributed by atoms with Gasteiger partial charge in [-0.15, -0.1) is 11.3 Å².